The number of rotatable bonds is 9. The highest BCUT2D eigenvalue weighted by Crippen LogP contribution is 2.30. The van der Waals surface area contributed by atoms with Crippen molar-refractivity contribution in [3.8, 4) is 11.5 Å². The van der Waals surface area contributed by atoms with Crippen molar-refractivity contribution in [2.24, 2.45) is 0 Å². The van der Waals surface area contributed by atoms with Gasteiger partial charge in [0.2, 0.25) is 5.91 Å². The molecule has 0 aliphatic rings. The molecule has 0 spiro atoms. The van der Waals surface area contributed by atoms with Gasteiger partial charge < -0.3 is 19.3 Å². The number of benzene rings is 3. The molecule has 0 fully saturated rings. The zero-order valence-corrected chi connectivity index (χ0v) is 20.1. The van der Waals surface area contributed by atoms with Crippen LogP contribution >= 0.6 is 0 Å². The molecule has 0 saturated carbocycles. The number of amides is 1. The van der Waals surface area contributed by atoms with E-state index in [-0.39, 0.29) is 5.91 Å². The van der Waals surface area contributed by atoms with Gasteiger partial charge >= 0.3 is 0 Å². The third-order valence-electron chi connectivity index (χ3n) is 5.68. The number of aromatic nitrogens is 1. The lowest BCUT2D eigenvalue weighted by molar-refractivity contribution is -0.111. The van der Waals surface area contributed by atoms with E-state index in [9.17, 15) is 4.79 Å². The van der Waals surface area contributed by atoms with Crippen molar-refractivity contribution in [3.05, 3.63) is 113 Å². The number of aryl methyl sites for hydroxylation is 2. The van der Waals surface area contributed by atoms with Crippen LogP contribution in [0.2, 0.25) is 0 Å². The van der Waals surface area contributed by atoms with Gasteiger partial charge in [-0.3, -0.25) is 4.79 Å². The summed E-state index contributed by atoms with van der Waals surface area (Å²) in [5.41, 5.74) is 5.58. The van der Waals surface area contributed by atoms with Crippen LogP contribution in [0.5, 0.6) is 11.5 Å². The van der Waals surface area contributed by atoms with Gasteiger partial charge in [-0.15, -0.1) is 0 Å². The minimum Gasteiger partial charge on any atom is -0.493 e. The molecule has 35 heavy (non-hydrogen) atoms. The van der Waals surface area contributed by atoms with Crippen molar-refractivity contribution in [1.82, 2.24) is 5.16 Å². The van der Waals surface area contributed by atoms with E-state index in [1.165, 1.54) is 11.6 Å². The average Bonchev–Trinajstić information content (AvgIpc) is 3.20. The van der Waals surface area contributed by atoms with Gasteiger partial charge in [0.15, 0.2) is 11.5 Å². The minimum atomic E-state index is -0.205. The van der Waals surface area contributed by atoms with E-state index in [0.717, 1.165) is 40.3 Å². The molecule has 4 aromatic rings. The largest absolute Gasteiger partial charge is 0.493 e. The predicted molar refractivity (Wildman–Crippen MR) is 137 cm³/mol. The van der Waals surface area contributed by atoms with Crippen molar-refractivity contribution in [2.75, 3.05) is 12.4 Å². The quantitative estimate of drug-likeness (QED) is 0.300. The first-order valence-corrected chi connectivity index (χ1v) is 11.4. The van der Waals surface area contributed by atoms with E-state index < -0.39 is 0 Å². The van der Waals surface area contributed by atoms with Gasteiger partial charge in [0.05, 0.1) is 18.4 Å². The second-order valence-corrected chi connectivity index (χ2v) is 8.14. The number of anilines is 1. The number of carbonyl (C=O) groups is 1. The van der Waals surface area contributed by atoms with Gasteiger partial charge in [-0.25, -0.2) is 0 Å². The number of methoxy groups -OCH3 is 1. The molecule has 1 N–H and O–H groups in total. The molecule has 3 aromatic carbocycles. The number of nitrogens with zero attached hydrogens (tertiary/aromatic N) is 1. The molecule has 0 atom stereocenters. The van der Waals surface area contributed by atoms with Crippen LogP contribution in [0.3, 0.4) is 0 Å². The Morgan fingerprint density at radius 1 is 1.00 bits per heavy atom. The second-order valence-electron chi connectivity index (χ2n) is 8.14. The first kappa shape index (κ1) is 23.8. The maximum Gasteiger partial charge on any atom is 0.248 e. The van der Waals surface area contributed by atoms with Crippen LogP contribution in [0.15, 0.2) is 83.4 Å². The Morgan fingerprint density at radius 3 is 2.51 bits per heavy atom. The summed E-state index contributed by atoms with van der Waals surface area (Å²) in [6, 6.07) is 23.5. The Balaban J connectivity index is 1.41. The molecule has 4 rings (SSSR count). The van der Waals surface area contributed by atoms with E-state index in [2.05, 4.69) is 22.6 Å². The van der Waals surface area contributed by atoms with Crippen LogP contribution < -0.4 is 14.8 Å². The van der Waals surface area contributed by atoms with Crippen LogP contribution in [-0.2, 0) is 17.8 Å². The fourth-order valence-electron chi connectivity index (χ4n) is 3.72. The summed E-state index contributed by atoms with van der Waals surface area (Å²) in [7, 11) is 1.59. The highest BCUT2D eigenvalue weighted by molar-refractivity contribution is 6.02. The van der Waals surface area contributed by atoms with Crippen molar-refractivity contribution in [2.45, 2.75) is 26.9 Å². The van der Waals surface area contributed by atoms with Crippen LogP contribution in [0.1, 0.15) is 33.7 Å². The highest BCUT2D eigenvalue weighted by Gasteiger charge is 2.12. The monoisotopic (exact) mass is 468 g/mol. The summed E-state index contributed by atoms with van der Waals surface area (Å²) in [6.45, 7) is 4.07. The third-order valence-corrected chi connectivity index (χ3v) is 5.68. The van der Waals surface area contributed by atoms with E-state index in [4.69, 9.17) is 14.0 Å². The topological polar surface area (TPSA) is 73.6 Å². The summed E-state index contributed by atoms with van der Waals surface area (Å²) in [4.78, 5) is 12.6. The summed E-state index contributed by atoms with van der Waals surface area (Å²) in [5, 5.41) is 6.94. The molecule has 0 radical (unpaired) electrons. The van der Waals surface area contributed by atoms with Gasteiger partial charge in [0.1, 0.15) is 12.4 Å². The lowest BCUT2D eigenvalue weighted by atomic mass is 10.0. The molecule has 1 amide bonds. The first-order valence-electron chi connectivity index (χ1n) is 11.4. The van der Waals surface area contributed by atoms with E-state index in [1.807, 2.05) is 74.5 Å². The number of carbonyl (C=O) groups excluding carboxylic acids is 1. The molecule has 0 unspecified atom stereocenters. The van der Waals surface area contributed by atoms with Crippen molar-refractivity contribution >= 4 is 17.7 Å². The Kier molecular flexibility index (Phi) is 7.63. The Morgan fingerprint density at radius 2 is 1.77 bits per heavy atom. The van der Waals surface area contributed by atoms with Gasteiger partial charge in [-0.1, -0.05) is 59.8 Å². The predicted octanol–water partition coefficient (Wildman–Crippen LogP) is 6.12. The molecule has 0 bridgehead atoms. The Bertz CT molecular complexity index is 1310. The summed E-state index contributed by atoms with van der Waals surface area (Å²) >= 11 is 0. The smallest absolute Gasteiger partial charge is 0.248 e. The molecule has 178 valence electrons. The fourth-order valence-corrected chi connectivity index (χ4v) is 3.72. The maximum absolute atomic E-state index is 12.6. The molecular weight excluding hydrogens is 440 g/mol. The average molecular weight is 469 g/mol. The maximum atomic E-state index is 12.6. The second kappa shape index (κ2) is 11.2. The SMILES string of the molecule is COc1cc(/C=C/C(=O)Nc2ccccc2Cc2ccccc2)ccc1OCc1c(C)noc1C. The number of ether oxygens (including phenoxy) is 2. The third kappa shape index (κ3) is 6.18. The normalized spacial score (nSPS) is 10.9. The summed E-state index contributed by atoms with van der Waals surface area (Å²) in [5.74, 6) is 1.71. The molecule has 0 saturated heterocycles. The molecule has 6 heteroatoms. The fraction of sp³-hybridized carbons (Fsp3) is 0.172. The highest BCUT2D eigenvalue weighted by atomic mass is 16.5. The lowest BCUT2D eigenvalue weighted by Gasteiger charge is -2.11. The van der Waals surface area contributed by atoms with Gasteiger partial charge in [0.25, 0.3) is 0 Å². The van der Waals surface area contributed by atoms with E-state index in [0.29, 0.717) is 18.1 Å². The van der Waals surface area contributed by atoms with Crippen LogP contribution in [0, 0.1) is 13.8 Å². The van der Waals surface area contributed by atoms with Crippen LogP contribution in [0.4, 0.5) is 5.69 Å². The molecule has 6 nitrogen and oxygen atoms in total. The first-order chi connectivity index (χ1) is 17.0. The van der Waals surface area contributed by atoms with Gasteiger partial charge in [-0.2, -0.15) is 0 Å². The van der Waals surface area contributed by atoms with Crippen molar-refractivity contribution < 1.29 is 18.8 Å². The van der Waals surface area contributed by atoms with Gasteiger partial charge in [0, 0.05) is 11.8 Å². The number of hydrogen-bond acceptors (Lipinski definition) is 5. The van der Waals surface area contributed by atoms with E-state index in [1.54, 1.807) is 13.2 Å². The molecule has 0 aliphatic heterocycles. The summed E-state index contributed by atoms with van der Waals surface area (Å²) < 4.78 is 16.6. The van der Waals surface area contributed by atoms with Crippen LogP contribution in [0.25, 0.3) is 6.08 Å². The molecule has 1 aromatic heterocycles. The number of hydrogen-bond donors (Lipinski definition) is 1. The molecular formula is C29H28N2O4. The number of nitrogens with one attached hydrogen (secondary N) is 1. The standard InChI is InChI=1S/C29H28N2O4/c1-20-25(21(2)35-31-20)19-34-27-15-13-23(18-28(27)33-3)14-16-29(32)30-26-12-8-7-11-24(26)17-22-9-5-4-6-10-22/h4-16,18H,17,19H2,1-3H3,(H,30,32)/b16-14+. The van der Waals surface area contributed by atoms with Crippen molar-refractivity contribution in [1.29, 1.82) is 0 Å². The molecule has 0 aliphatic carbocycles. The number of para-hydroxylation sites is 1. The Labute approximate surface area is 205 Å². The zero-order valence-electron chi connectivity index (χ0n) is 20.1. The molecule has 1 heterocycles. The minimum absolute atomic E-state index is 0.205. The Hall–Kier alpha value is -4.32. The van der Waals surface area contributed by atoms with Gasteiger partial charge in [-0.05, 0) is 61.2 Å². The van der Waals surface area contributed by atoms with Crippen molar-refractivity contribution in [3.63, 3.8) is 0 Å². The van der Waals surface area contributed by atoms with Crippen LogP contribution in [-0.4, -0.2) is 18.2 Å². The lowest BCUT2D eigenvalue weighted by Crippen LogP contribution is -2.10. The summed E-state index contributed by atoms with van der Waals surface area (Å²) in [6.07, 6.45) is 4.00. The zero-order chi connectivity index (χ0) is 24.6. The van der Waals surface area contributed by atoms with E-state index >= 15 is 0 Å².